The van der Waals surface area contributed by atoms with Gasteiger partial charge in [0.15, 0.2) is 5.82 Å². The molecule has 0 spiro atoms. The van der Waals surface area contributed by atoms with Crippen LogP contribution in [-0.2, 0) is 12.8 Å². The molecule has 0 atom stereocenters. The molecule has 3 nitrogen and oxygen atoms in total. The maximum Gasteiger partial charge on any atom is 0.226 e. The van der Waals surface area contributed by atoms with Crippen molar-refractivity contribution in [3.63, 3.8) is 0 Å². The Balaban J connectivity index is 2.34. The quantitative estimate of drug-likeness (QED) is 0.666. The second-order valence-electron chi connectivity index (χ2n) is 3.00. The fourth-order valence-electron chi connectivity index (χ4n) is 1.05. The first-order chi connectivity index (χ1) is 6.36. The zero-order valence-electron chi connectivity index (χ0n) is 7.92. The predicted molar refractivity (Wildman–Crippen MR) is 52.0 cm³/mol. The highest BCUT2D eigenvalue weighted by Gasteiger charge is 2.04. The molecule has 0 radical (unpaired) electrons. The molecule has 0 N–H and O–H groups in total. The summed E-state index contributed by atoms with van der Waals surface area (Å²) in [6.07, 6.45) is 4.89. The molecule has 0 aromatic carbocycles. The Morgan fingerprint density at radius 3 is 2.85 bits per heavy atom. The van der Waals surface area contributed by atoms with Crippen molar-refractivity contribution in [1.82, 2.24) is 10.1 Å². The van der Waals surface area contributed by atoms with Gasteiger partial charge in [0.25, 0.3) is 0 Å². The van der Waals surface area contributed by atoms with Gasteiger partial charge >= 0.3 is 0 Å². The molecular formula is C9H15ClN2O. The number of hydrogen-bond acceptors (Lipinski definition) is 3. The van der Waals surface area contributed by atoms with Crippen molar-refractivity contribution in [3.05, 3.63) is 11.7 Å². The molecule has 0 saturated carbocycles. The van der Waals surface area contributed by atoms with E-state index in [4.69, 9.17) is 16.1 Å². The van der Waals surface area contributed by atoms with E-state index in [1.807, 2.05) is 0 Å². The van der Waals surface area contributed by atoms with Crippen LogP contribution >= 0.6 is 11.6 Å². The largest absolute Gasteiger partial charge is 0.339 e. The third kappa shape index (κ3) is 3.77. The van der Waals surface area contributed by atoms with Crippen LogP contribution in [0.25, 0.3) is 0 Å². The van der Waals surface area contributed by atoms with E-state index in [0.717, 1.165) is 37.9 Å². The Kier molecular flexibility index (Phi) is 4.83. The summed E-state index contributed by atoms with van der Waals surface area (Å²) >= 11 is 5.55. The van der Waals surface area contributed by atoms with Crippen LogP contribution < -0.4 is 0 Å². The Morgan fingerprint density at radius 2 is 2.15 bits per heavy atom. The van der Waals surface area contributed by atoms with Crippen LogP contribution in [-0.4, -0.2) is 16.0 Å². The molecule has 1 heterocycles. The normalized spacial score (nSPS) is 10.6. The third-order valence-electron chi connectivity index (χ3n) is 1.79. The Bertz CT molecular complexity index is 215. The average molecular weight is 203 g/mol. The highest BCUT2D eigenvalue weighted by atomic mass is 35.5. The summed E-state index contributed by atoms with van der Waals surface area (Å²) in [6.45, 7) is 2.15. The topological polar surface area (TPSA) is 38.9 Å². The molecule has 1 aromatic rings. The zero-order valence-corrected chi connectivity index (χ0v) is 8.68. The Morgan fingerprint density at radius 1 is 1.31 bits per heavy atom. The molecule has 0 aliphatic heterocycles. The standard InChI is InChI=1S/C9H15ClN2O/c1-2-3-5-8-11-9(13-12-8)6-4-7-10/h2-7H2,1H3. The molecule has 0 unspecified atom stereocenters. The molecule has 0 aliphatic rings. The van der Waals surface area contributed by atoms with E-state index in [1.54, 1.807) is 0 Å². The van der Waals surface area contributed by atoms with Crippen LogP contribution in [0.15, 0.2) is 4.52 Å². The number of rotatable bonds is 6. The minimum atomic E-state index is 0.646. The van der Waals surface area contributed by atoms with Crippen LogP contribution in [0.1, 0.15) is 37.9 Å². The molecule has 0 saturated heterocycles. The highest BCUT2D eigenvalue weighted by molar-refractivity contribution is 6.17. The lowest BCUT2D eigenvalue weighted by atomic mass is 10.2. The van der Waals surface area contributed by atoms with Crippen molar-refractivity contribution in [3.8, 4) is 0 Å². The van der Waals surface area contributed by atoms with Crippen LogP contribution in [0.2, 0.25) is 0 Å². The Labute approximate surface area is 83.5 Å². The first-order valence-corrected chi connectivity index (χ1v) is 5.27. The summed E-state index contributed by atoms with van der Waals surface area (Å²) in [4.78, 5) is 4.25. The number of alkyl halides is 1. The molecule has 0 aliphatic carbocycles. The van der Waals surface area contributed by atoms with Crippen molar-refractivity contribution < 1.29 is 4.52 Å². The predicted octanol–water partition coefficient (Wildman–Crippen LogP) is 2.58. The molecule has 13 heavy (non-hydrogen) atoms. The second-order valence-corrected chi connectivity index (χ2v) is 3.38. The summed E-state index contributed by atoms with van der Waals surface area (Å²) < 4.78 is 5.04. The van der Waals surface area contributed by atoms with Gasteiger partial charge in [0.05, 0.1) is 0 Å². The number of halogens is 1. The first-order valence-electron chi connectivity index (χ1n) is 4.74. The van der Waals surface area contributed by atoms with Crippen molar-refractivity contribution in [2.45, 2.75) is 39.0 Å². The molecular weight excluding hydrogens is 188 g/mol. The van der Waals surface area contributed by atoms with Crippen LogP contribution in [0.5, 0.6) is 0 Å². The minimum absolute atomic E-state index is 0.646. The minimum Gasteiger partial charge on any atom is -0.339 e. The maximum absolute atomic E-state index is 5.55. The van der Waals surface area contributed by atoms with E-state index in [9.17, 15) is 0 Å². The molecule has 0 amide bonds. The fourth-order valence-corrected chi connectivity index (χ4v) is 1.18. The van der Waals surface area contributed by atoms with Crippen molar-refractivity contribution >= 4 is 11.6 Å². The summed E-state index contributed by atoms with van der Waals surface area (Å²) in [5, 5.41) is 3.88. The fraction of sp³-hybridized carbons (Fsp3) is 0.778. The third-order valence-corrected chi connectivity index (χ3v) is 2.06. The van der Waals surface area contributed by atoms with Gasteiger partial charge in [-0.25, -0.2) is 0 Å². The van der Waals surface area contributed by atoms with E-state index in [2.05, 4.69) is 17.1 Å². The lowest BCUT2D eigenvalue weighted by Crippen LogP contribution is -1.89. The summed E-state index contributed by atoms with van der Waals surface area (Å²) in [5.41, 5.74) is 0. The summed E-state index contributed by atoms with van der Waals surface area (Å²) in [7, 11) is 0. The molecule has 4 heteroatoms. The smallest absolute Gasteiger partial charge is 0.226 e. The first kappa shape index (κ1) is 10.5. The van der Waals surface area contributed by atoms with Crippen LogP contribution in [0, 0.1) is 0 Å². The summed E-state index contributed by atoms with van der Waals surface area (Å²) in [6, 6.07) is 0. The van der Waals surface area contributed by atoms with E-state index >= 15 is 0 Å². The van der Waals surface area contributed by atoms with Crippen LogP contribution in [0.3, 0.4) is 0 Å². The molecule has 0 fully saturated rings. The molecule has 74 valence electrons. The zero-order chi connectivity index (χ0) is 9.52. The Hall–Kier alpha value is -0.570. The van der Waals surface area contributed by atoms with E-state index in [1.165, 1.54) is 0 Å². The number of unbranched alkanes of at least 4 members (excludes halogenated alkanes) is 1. The maximum atomic E-state index is 5.55. The van der Waals surface area contributed by atoms with Gasteiger partial charge in [-0.05, 0) is 12.8 Å². The average Bonchev–Trinajstić information content (AvgIpc) is 2.59. The molecule has 0 bridgehead atoms. The monoisotopic (exact) mass is 202 g/mol. The number of hydrogen-bond donors (Lipinski definition) is 0. The van der Waals surface area contributed by atoms with Gasteiger partial charge in [-0.3, -0.25) is 0 Å². The summed E-state index contributed by atoms with van der Waals surface area (Å²) in [5.74, 6) is 2.19. The van der Waals surface area contributed by atoms with Gasteiger partial charge in [-0.1, -0.05) is 18.5 Å². The van der Waals surface area contributed by atoms with Crippen LogP contribution in [0.4, 0.5) is 0 Å². The highest BCUT2D eigenvalue weighted by Crippen LogP contribution is 2.04. The lowest BCUT2D eigenvalue weighted by Gasteiger charge is -1.88. The lowest BCUT2D eigenvalue weighted by molar-refractivity contribution is 0.372. The van der Waals surface area contributed by atoms with E-state index < -0.39 is 0 Å². The van der Waals surface area contributed by atoms with Crippen molar-refractivity contribution in [2.75, 3.05) is 5.88 Å². The van der Waals surface area contributed by atoms with Gasteiger partial charge in [-0.2, -0.15) is 4.98 Å². The number of nitrogens with zero attached hydrogens (tertiary/aromatic N) is 2. The van der Waals surface area contributed by atoms with Gasteiger partial charge in [0, 0.05) is 18.7 Å². The number of aromatic nitrogens is 2. The van der Waals surface area contributed by atoms with Crippen molar-refractivity contribution in [1.29, 1.82) is 0 Å². The number of aryl methyl sites for hydroxylation is 2. The van der Waals surface area contributed by atoms with Gasteiger partial charge < -0.3 is 4.52 Å². The second kappa shape index (κ2) is 5.97. The van der Waals surface area contributed by atoms with Gasteiger partial charge in [0.2, 0.25) is 5.89 Å². The molecule has 1 rings (SSSR count). The van der Waals surface area contributed by atoms with Gasteiger partial charge in [0.1, 0.15) is 0 Å². The van der Waals surface area contributed by atoms with Crippen molar-refractivity contribution in [2.24, 2.45) is 0 Å². The van der Waals surface area contributed by atoms with Gasteiger partial charge in [-0.15, -0.1) is 11.6 Å². The van der Waals surface area contributed by atoms with E-state index in [0.29, 0.717) is 11.8 Å². The molecule has 1 aromatic heterocycles. The van der Waals surface area contributed by atoms with E-state index in [-0.39, 0.29) is 0 Å². The SMILES string of the molecule is CCCCc1noc(CCCCl)n1.